The molecule has 5 rings (SSSR count). The van der Waals surface area contributed by atoms with E-state index in [-0.39, 0.29) is 30.8 Å². The van der Waals surface area contributed by atoms with Crippen LogP contribution in [0.1, 0.15) is 70.6 Å². The second kappa shape index (κ2) is 12.6. The highest BCUT2D eigenvalue weighted by Gasteiger charge is 2.49. The number of carbonyl (C=O) groups excluding carboxylic acids is 1. The average Bonchev–Trinajstić information content (AvgIpc) is 3.34. The third-order valence-corrected chi connectivity index (χ3v) is 9.49. The van der Waals surface area contributed by atoms with Crippen molar-refractivity contribution in [2.24, 2.45) is 17.8 Å². The molecule has 0 radical (unpaired) electrons. The monoisotopic (exact) mass is 524 g/mol. The molecule has 2 aliphatic carbocycles. The highest BCUT2D eigenvalue weighted by Crippen LogP contribution is 2.40. The minimum atomic E-state index is -2.23. The average molecular weight is 525 g/mol. The summed E-state index contributed by atoms with van der Waals surface area (Å²) >= 11 is 0. The number of aliphatic hydroxyl groups excluding tert-OH is 1. The first kappa shape index (κ1) is 27.8. The highest BCUT2D eigenvalue weighted by atomic mass is 16.5. The molecule has 0 spiro atoms. The Labute approximate surface area is 220 Å². The van der Waals surface area contributed by atoms with E-state index in [4.69, 9.17) is 4.74 Å². The van der Waals surface area contributed by atoms with Gasteiger partial charge in [-0.05, 0) is 63.3 Å². The molecule has 3 aliphatic heterocycles. The molecule has 0 aromatic rings. The summed E-state index contributed by atoms with van der Waals surface area (Å²) in [5.74, 6) is -0.982. The van der Waals surface area contributed by atoms with Crippen molar-refractivity contribution in [3.05, 3.63) is 0 Å². The van der Waals surface area contributed by atoms with E-state index < -0.39 is 12.1 Å². The minimum Gasteiger partial charge on any atom is -0.395 e. The van der Waals surface area contributed by atoms with Crippen molar-refractivity contribution in [3.8, 4) is 0 Å². The zero-order valence-corrected chi connectivity index (χ0v) is 22.0. The number of ether oxygens (including phenoxy) is 1. The first-order valence-corrected chi connectivity index (χ1v) is 14.6. The molecule has 5 fully saturated rings. The second-order valence-electron chi connectivity index (χ2n) is 11.9. The number of hydrazine groups is 1. The number of rotatable bonds is 9. The van der Waals surface area contributed by atoms with Crippen LogP contribution < -0.4 is 26.8 Å². The van der Waals surface area contributed by atoms with E-state index >= 15 is 0 Å². The highest BCUT2D eigenvalue weighted by molar-refractivity contribution is 5.81. The summed E-state index contributed by atoms with van der Waals surface area (Å²) in [6, 6.07) is -0.0598. The van der Waals surface area contributed by atoms with Gasteiger partial charge in [0.1, 0.15) is 11.9 Å². The maximum Gasteiger partial charge on any atom is 0.254 e. The van der Waals surface area contributed by atoms with Crippen LogP contribution in [0.25, 0.3) is 0 Å². The van der Waals surface area contributed by atoms with Gasteiger partial charge in [-0.1, -0.05) is 19.3 Å². The molecule has 8 atom stereocenters. The largest absolute Gasteiger partial charge is 0.395 e. The Morgan fingerprint density at radius 2 is 1.92 bits per heavy atom. The molecule has 8 N–H and O–H groups in total. The van der Waals surface area contributed by atoms with Crippen molar-refractivity contribution >= 4 is 5.78 Å². The SMILES string of the molecule is O=C(C[C@H]1CCOC2CCCCC21)C1CCCC(NC(O)(O)C2NNC(C3CCNCN3)N2CCO)C1. The van der Waals surface area contributed by atoms with Gasteiger partial charge in [0.05, 0.1) is 18.9 Å². The second-order valence-corrected chi connectivity index (χ2v) is 11.9. The van der Waals surface area contributed by atoms with Crippen LogP contribution in [0.4, 0.5) is 0 Å². The number of hydrogen-bond acceptors (Lipinski definition) is 11. The normalized spacial score (nSPS) is 39.9. The Kier molecular flexibility index (Phi) is 9.50. The molecular formula is C26H48N6O5. The van der Waals surface area contributed by atoms with E-state index in [1.54, 1.807) is 0 Å². The topological polar surface area (TPSA) is 150 Å². The smallest absolute Gasteiger partial charge is 0.254 e. The van der Waals surface area contributed by atoms with Gasteiger partial charge in [0.25, 0.3) is 5.91 Å². The van der Waals surface area contributed by atoms with Gasteiger partial charge >= 0.3 is 0 Å². The van der Waals surface area contributed by atoms with Gasteiger partial charge in [0.2, 0.25) is 0 Å². The number of Topliss-reactive ketones (excluding diaryl/α,β-unsaturated/α-hetero) is 1. The Bertz CT molecular complexity index is 751. The molecule has 7 unspecified atom stereocenters. The number of nitrogens with zero attached hydrogens (tertiary/aromatic N) is 1. The molecule has 0 aromatic carbocycles. The van der Waals surface area contributed by atoms with Crippen molar-refractivity contribution in [2.45, 2.75) is 107 Å². The molecule has 3 heterocycles. The predicted octanol–water partition coefficient (Wildman–Crippen LogP) is -0.709. The van der Waals surface area contributed by atoms with Crippen LogP contribution in [-0.2, 0) is 9.53 Å². The summed E-state index contributed by atoms with van der Waals surface area (Å²) in [5.41, 5.74) is 6.25. The van der Waals surface area contributed by atoms with Crippen molar-refractivity contribution in [1.82, 2.24) is 31.7 Å². The van der Waals surface area contributed by atoms with Crippen LogP contribution in [-0.4, -0.2) is 95.4 Å². The van der Waals surface area contributed by atoms with Gasteiger partial charge in [-0.25, -0.2) is 10.9 Å². The van der Waals surface area contributed by atoms with E-state index in [2.05, 4.69) is 26.8 Å². The van der Waals surface area contributed by atoms with Crippen molar-refractivity contribution in [1.29, 1.82) is 0 Å². The molecular weight excluding hydrogens is 476 g/mol. The van der Waals surface area contributed by atoms with Crippen molar-refractivity contribution in [3.63, 3.8) is 0 Å². The number of hydrogen-bond donors (Lipinski definition) is 8. The fourth-order valence-electron chi connectivity index (χ4n) is 7.59. The van der Waals surface area contributed by atoms with E-state index in [1.165, 1.54) is 19.3 Å². The van der Waals surface area contributed by atoms with Crippen LogP contribution in [0.2, 0.25) is 0 Å². The first-order valence-electron chi connectivity index (χ1n) is 14.6. The number of ketones is 1. The minimum absolute atomic E-state index is 0.0400. The molecule has 11 nitrogen and oxygen atoms in total. The Balaban J connectivity index is 1.17. The number of carbonyl (C=O) groups is 1. The molecule has 212 valence electrons. The van der Waals surface area contributed by atoms with Crippen LogP contribution in [0.5, 0.6) is 0 Å². The quantitative estimate of drug-likeness (QED) is 0.181. The van der Waals surface area contributed by atoms with E-state index in [1.807, 2.05) is 4.90 Å². The van der Waals surface area contributed by atoms with Crippen LogP contribution in [0, 0.1) is 17.8 Å². The van der Waals surface area contributed by atoms with Crippen LogP contribution in [0.15, 0.2) is 0 Å². The molecule has 5 aliphatic rings. The maximum absolute atomic E-state index is 13.4. The van der Waals surface area contributed by atoms with Gasteiger partial charge in [0, 0.05) is 44.2 Å². The van der Waals surface area contributed by atoms with Crippen molar-refractivity contribution in [2.75, 3.05) is 33.0 Å². The Hall–Kier alpha value is -0.730. The lowest BCUT2D eigenvalue weighted by molar-refractivity contribution is -0.237. The molecule has 37 heavy (non-hydrogen) atoms. The summed E-state index contributed by atoms with van der Waals surface area (Å²) in [6.07, 6.45) is 9.77. The van der Waals surface area contributed by atoms with E-state index in [0.717, 1.165) is 51.7 Å². The predicted molar refractivity (Wildman–Crippen MR) is 138 cm³/mol. The summed E-state index contributed by atoms with van der Waals surface area (Å²) < 4.78 is 6.02. The van der Waals surface area contributed by atoms with Gasteiger partial charge in [-0.2, -0.15) is 0 Å². The lowest BCUT2D eigenvalue weighted by Crippen LogP contribution is -2.67. The fourth-order valence-corrected chi connectivity index (χ4v) is 7.59. The molecule has 2 saturated carbocycles. The number of nitrogens with one attached hydrogen (secondary N) is 5. The summed E-state index contributed by atoms with van der Waals surface area (Å²) in [5, 5.41) is 41.8. The third kappa shape index (κ3) is 6.54. The Morgan fingerprint density at radius 3 is 2.73 bits per heavy atom. The molecule has 0 bridgehead atoms. The van der Waals surface area contributed by atoms with E-state index in [9.17, 15) is 20.1 Å². The van der Waals surface area contributed by atoms with Crippen molar-refractivity contribution < 1.29 is 24.9 Å². The van der Waals surface area contributed by atoms with E-state index in [0.29, 0.717) is 49.8 Å². The van der Waals surface area contributed by atoms with Gasteiger partial charge < -0.3 is 25.4 Å². The first-order chi connectivity index (χ1) is 18.0. The fraction of sp³-hybridized carbons (Fsp3) is 0.962. The molecule has 0 amide bonds. The summed E-state index contributed by atoms with van der Waals surface area (Å²) in [7, 11) is 0. The number of aliphatic hydroxyl groups is 3. The Morgan fingerprint density at radius 1 is 1.05 bits per heavy atom. The lowest BCUT2D eigenvalue weighted by atomic mass is 9.71. The summed E-state index contributed by atoms with van der Waals surface area (Å²) in [4.78, 5) is 15.3. The van der Waals surface area contributed by atoms with Crippen LogP contribution in [0.3, 0.4) is 0 Å². The third-order valence-electron chi connectivity index (χ3n) is 9.49. The molecule has 3 saturated heterocycles. The maximum atomic E-state index is 13.4. The van der Waals surface area contributed by atoms with Gasteiger partial charge in [0.15, 0.2) is 0 Å². The number of fused-ring (bicyclic) bond motifs is 1. The standard InChI is InChI=1S/C26H48N6O5/c33-12-11-32-24(21-8-10-27-16-28-21)30-31-25(32)26(35,36)29-19-5-3-4-18(14-19)22(34)15-17-9-13-37-23-7-2-1-6-20(17)23/h17-21,23-25,27-31,33,35-36H,1-16H2/t17-,18?,19?,20?,21?,23?,24?,25?/m1/s1. The lowest BCUT2D eigenvalue weighted by Gasteiger charge is -2.42. The molecule has 0 aromatic heterocycles. The zero-order chi connectivity index (χ0) is 25.8. The van der Waals surface area contributed by atoms with Crippen LogP contribution >= 0.6 is 0 Å². The van der Waals surface area contributed by atoms with Gasteiger partial charge in [-0.15, -0.1) is 0 Å². The summed E-state index contributed by atoms with van der Waals surface area (Å²) in [6.45, 7) is 2.54. The van der Waals surface area contributed by atoms with Gasteiger partial charge in [-0.3, -0.25) is 20.3 Å². The number of β-amino-alcohol motifs (C(OH)–C–C–N with tert-alkyl or cyclic N) is 1. The molecule has 11 heteroatoms. The zero-order valence-electron chi connectivity index (χ0n) is 22.0.